The lowest BCUT2D eigenvalue weighted by atomic mass is 10.2. The maximum Gasteiger partial charge on any atom is 0.262 e. The molecule has 1 unspecified atom stereocenters. The first-order chi connectivity index (χ1) is 11.1. The number of hydrogen-bond donors (Lipinski definition) is 1. The molecular formula is C18H20ClNO3. The van der Waals surface area contributed by atoms with Crippen LogP contribution in [0.25, 0.3) is 0 Å². The first-order valence-electron chi connectivity index (χ1n) is 7.51. The van der Waals surface area contributed by atoms with Gasteiger partial charge >= 0.3 is 0 Å². The highest BCUT2D eigenvalue weighted by Gasteiger charge is 2.06. The molecular weight excluding hydrogens is 314 g/mol. The Morgan fingerprint density at radius 2 is 1.91 bits per heavy atom. The molecule has 0 saturated carbocycles. The van der Waals surface area contributed by atoms with E-state index in [4.69, 9.17) is 21.1 Å². The van der Waals surface area contributed by atoms with Crippen LogP contribution in [0.4, 0.5) is 5.69 Å². The minimum Gasteiger partial charge on any atom is -0.491 e. The van der Waals surface area contributed by atoms with Crippen LogP contribution in [0.3, 0.4) is 0 Å². The standard InChI is InChI=1S/C18H20ClNO3/c1-3-13(2)23-17-6-4-5-15(11-17)20-18(21)12-22-16-9-7-14(19)8-10-16/h4-11,13H,3,12H2,1-2H3,(H,20,21). The summed E-state index contributed by atoms with van der Waals surface area (Å²) in [5.41, 5.74) is 0.676. The maximum absolute atomic E-state index is 11.9. The minimum atomic E-state index is -0.236. The molecule has 0 bridgehead atoms. The Labute approximate surface area is 141 Å². The summed E-state index contributed by atoms with van der Waals surface area (Å²) in [5.74, 6) is 1.09. The van der Waals surface area contributed by atoms with Crippen molar-refractivity contribution in [2.75, 3.05) is 11.9 Å². The molecule has 122 valence electrons. The zero-order valence-electron chi connectivity index (χ0n) is 13.2. The molecule has 23 heavy (non-hydrogen) atoms. The van der Waals surface area contributed by atoms with Gasteiger partial charge in [-0.2, -0.15) is 0 Å². The molecule has 0 aliphatic heterocycles. The lowest BCUT2D eigenvalue weighted by Crippen LogP contribution is -2.20. The molecule has 0 aliphatic rings. The van der Waals surface area contributed by atoms with Gasteiger partial charge in [0.2, 0.25) is 0 Å². The fourth-order valence-electron chi connectivity index (χ4n) is 1.84. The summed E-state index contributed by atoms with van der Waals surface area (Å²) >= 11 is 5.80. The second-order valence-corrected chi connectivity index (χ2v) is 5.59. The molecule has 0 saturated heterocycles. The molecule has 0 fully saturated rings. The molecule has 0 radical (unpaired) electrons. The second kappa shape index (κ2) is 8.44. The van der Waals surface area contributed by atoms with Crippen LogP contribution in [0.5, 0.6) is 11.5 Å². The van der Waals surface area contributed by atoms with Crippen molar-refractivity contribution in [1.82, 2.24) is 0 Å². The van der Waals surface area contributed by atoms with Crippen LogP contribution in [0.1, 0.15) is 20.3 Å². The lowest BCUT2D eigenvalue weighted by molar-refractivity contribution is -0.118. The summed E-state index contributed by atoms with van der Waals surface area (Å²) in [4.78, 5) is 11.9. The Bertz CT molecular complexity index is 643. The van der Waals surface area contributed by atoms with Crippen LogP contribution in [0.15, 0.2) is 48.5 Å². The number of halogens is 1. The van der Waals surface area contributed by atoms with Crippen molar-refractivity contribution in [1.29, 1.82) is 0 Å². The zero-order valence-corrected chi connectivity index (χ0v) is 14.0. The van der Waals surface area contributed by atoms with Crippen LogP contribution in [-0.4, -0.2) is 18.6 Å². The van der Waals surface area contributed by atoms with E-state index < -0.39 is 0 Å². The Kier molecular flexibility index (Phi) is 6.29. The Hall–Kier alpha value is -2.20. The number of carbonyl (C=O) groups is 1. The number of amides is 1. The average Bonchev–Trinajstić information content (AvgIpc) is 2.54. The molecule has 2 aromatic rings. The van der Waals surface area contributed by atoms with Gasteiger partial charge in [-0.3, -0.25) is 4.79 Å². The van der Waals surface area contributed by atoms with Crippen molar-refractivity contribution in [3.05, 3.63) is 53.6 Å². The summed E-state index contributed by atoms with van der Waals surface area (Å²) in [6, 6.07) is 14.2. The van der Waals surface area contributed by atoms with Gasteiger partial charge in [0.25, 0.3) is 5.91 Å². The van der Waals surface area contributed by atoms with E-state index >= 15 is 0 Å². The molecule has 1 amide bonds. The first-order valence-corrected chi connectivity index (χ1v) is 7.89. The SMILES string of the molecule is CCC(C)Oc1cccc(NC(=O)COc2ccc(Cl)cc2)c1. The van der Waals surface area contributed by atoms with Gasteiger partial charge in [0, 0.05) is 16.8 Å². The Balaban J connectivity index is 1.87. The van der Waals surface area contributed by atoms with Gasteiger partial charge in [0.05, 0.1) is 6.10 Å². The highest BCUT2D eigenvalue weighted by Crippen LogP contribution is 2.19. The summed E-state index contributed by atoms with van der Waals surface area (Å²) in [6.45, 7) is 3.99. The summed E-state index contributed by atoms with van der Waals surface area (Å²) < 4.78 is 11.1. The number of nitrogens with one attached hydrogen (secondary N) is 1. The molecule has 0 spiro atoms. The number of ether oxygens (including phenoxy) is 2. The number of benzene rings is 2. The van der Waals surface area contributed by atoms with E-state index in [1.807, 2.05) is 25.1 Å². The van der Waals surface area contributed by atoms with E-state index in [0.29, 0.717) is 16.5 Å². The van der Waals surface area contributed by atoms with Crippen molar-refractivity contribution in [2.45, 2.75) is 26.4 Å². The third-order valence-corrected chi connectivity index (χ3v) is 3.47. The number of carbonyl (C=O) groups excluding carboxylic acids is 1. The largest absolute Gasteiger partial charge is 0.491 e. The molecule has 0 heterocycles. The highest BCUT2D eigenvalue weighted by molar-refractivity contribution is 6.30. The Morgan fingerprint density at radius 3 is 2.61 bits per heavy atom. The molecule has 5 heteroatoms. The Morgan fingerprint density at radius 1 is 1.17 bits per heavy atom. The van der Waals surface area contributed by atoms with Crippen LogP contribution in [-0.2, 0) is 4.79 Å². The number of rotatable bonds is 7. The molecule has 0 aliphatic carbocycles. The summed E-state index contributed by atoms with van der Waals surface area (Å²) in [5, 5.41) is 3.41. The fourth-order valence-corrected chi connectivity index (χ4v) is 1.97. The fraction of sp³-hybridized carbons (Fsp3) is 0.278. The van der Waals surface area contributed by atoms with E-state index in [2.05, 4.69) is 12.2 Å². The van der Waals surface area contributed by atoms with Crippen LogP contribution >= 0.6 is 11.6 Å². The topological polar surface area (TPSA) is 47.6 Å². The molecule has 0 aromatic heterocycles. The van der Waals surface area contributed by atoms with Crippen molar-refractivity contribution < 1.29 is 14.3 Å². The number of anilines is 1. The van der Waals surface area contributed by atoms with Gasteiger partial charge in [-0.1, -0.05) is 24.6 Å². The molecule has 1 atom stereocenters. The minimum absolute atomic E-state index is 0.0713. The van der Waals surface area contributed by atoms with Gasteiger partial charge in [-0.25, -0.2) is 0 Å². The first kappa shape index (κ1) is 17.2. The third kappa shape index (κ3) is 5.83. The predicted molar refractivity (Wildman–Crippen MR) is 92.4 cm³/mol. The van der Waals surface area contributed by atoms with Gasteiger partial charge in [-0.15, -0.1) is 0 Å². The smallest absolute Gasteiger partial charge is 0.262 e. The van der Waals surface area contributed by atoms with E-state index in [1.54, 1.807) is 30.3 Å². The second-order valence-electron chi connectivity index (χ2n) is 5.16. The average molecular weight is 334 g/mol. The normalized spacial score (nSPS) is 11.6. The van der Waals surface area contributed by atoms with Gasteiger partial charge in [0.15, 0.2) is 6.61 Å². The lowest BCUT2D eigenvalue weighted by Gasteiger charge is -2.13. The van der Waals surface area contributed by atoms with Crippen molar-refractivity contribution in [3.63, 3.8) is 0 Å². The van der Waals surface area contributed by atoms with Gasteiger partial charge in [0.1, 0.15) is 11.5 Å². The number of hydrogen-bond acceptors (Lipinski definition) is 3. The van der Waals surface area contributed by atoms with E-state index in [0.717, 1.165) is 12.2 Å². The summed E-state index contributed by atoms with van der Waals surface area (Å²) in [7, 11) is 0. The van der Waals surface area contributed by atoms with Gasteiger partial charge in [-0.05, 0) is 49.7 Å². The van der Waals surface area contributed by atoms with E-state index in [9.17, 15) is 4.79 Å². The quantitative estimate of drug-likeness (QED) is 0.809. The molecule has 2 rings (SSSR count). The van der Waals surface area contributed by atoms with Crippen LogP contribution in [0, 0.1) is 0 Å². The van der Waals surface area contributed by atoms with E-state index in [-0.39, 0.29) is 18.6 Å². The summed E-state index contributed by atoms with van der Waals surface area (Å²) in [6.07, 6.45) is 1.06. The van der Waals surface area contributed by atoms with Crippen molar-refractivity contribution >= 4 is 23.2 Å². The van der Waals surface area contributed by atoms with Crippen LogP contribution in [0.2, 0.25) is 5.02 Å². The van der Waals surface area contributed by atoms with Gasteiger partial charge < -0.3 is 14.8 Å². The highest BCUT2D eigenvalue weighted by atomic mass is 35.5. The van der Waals surface area contributed by atoms with Crippen molar-refractivity contribution in [2.24, 2.45) is 0 Å². The molecule has 2 aromatic carbocycles. The predicted octanol–water partition coefficient (Wildman–Crippen LogP) is 4.53. The zero-order chi connectivity index (χ0) is 16.7. The van der Waals surface area contributed by atoms with Crippen LogP contribution < -0.4 is 14.8 Å². The maximum atomic E-state index is 11.9. The monoisotopic (exact) mass is 333 g/mol. The van der Waals surface area contributed by atoms with Crippen molar-refractivity contribution in [3.8, 4) is 11.5 Å². The third-order valence-electron chi connectivity index (χ3n) is 3.21. The molecule has 1 N–H and O–H groups in total. The van der Waals surface area contributed by atoms with E-state index in [1.165, 1.54) is 0 Å². The molecule has 4 nitrogen and oxygen atoms in total.